The van der Waals surface area contributed by atoms with Crippen LogP contribution in [-0.2, 0) is 0 Å². The summed E-state index contributed by atoms with van der Waals surface area (Å²) in [5, 5.41) is 0. The summed E-state index contributed by atoms with van der Waals surface area (Å²) in [6, 6.07) is 1.13. The van der Waals surface area contributed by atoms with E-state index in [0.29, 0.717) is 31.4 Å². The van der Waals surface area contributed by atoms with Crippen LogP contribution in [0.2, 0.25) is 0 Å². The van der Waals surface area contributed by atoms with Gasteiger partial charge in [0, 0.05) is 17.5 Å². The molecule has 1 saturated carbocycles. The molecule has 0 heterocycles. The maximum Gasteiger partial charge on any atom is 0.174 e. The zero-order chi connectivity index (χ0) is 13.3. The van der Waals surface area contributed by atoms with Crippen LogP contribution >= 0.6 is 0 Å². The van der Waals surface area contributed by atoms with Gasteiger partial charge in [-0.15, -0.1) is 0 Å². The van der Waals surface area contributed by atoms with Gasteiger partial charge in [-0.1, -0.05) is 19.8 Å². The minimum absolute atomic E-state index is 0.516. The predicted octanol–water partition coefficient (Wildman–Crippen LogP) is 4.26. The van der Waals surface area contributed by atoms with Crippen LogP contribution < -0.4 is 0 Å². The number of benzene rings is 1. The lowest BCUT2D eigenvalue weighted by atomic mass is 9.76. The molecule has 0 spiro atoms. The molecule has 18 heavy (non-hydrogen) atoms. The van der Waals surface area contributed by atoms with Gasteiger partial charge in [0.1, 0.15) is 17.5 Å². The summed E-state index contributed by atoms with van der Waals surface area (Å²) < 4.78 is 40.1. The second-order valence-electron chi connectivity index (χ2n) is 4.91. The molecule has 0 atom stereocenters. The van der Waals surface area contributed by atoms with Gasteiger partial charge in [0.25, 0.3) is 0 Å². The van der Waals surface area contributed by atoms with Crippen molar-refractivity contribution in [2.24, 2.45) is 5.41 Å². The van der Waals surface area contributed by atoms with Crippen LogP contribution in [0.4, 0.5) is 13.2 Å². The fourth-order valence-electron chi connectivity index (χ4n) is 2.82. The van der Waals surface area contributed by atoms with Crippen LogP contribution in [0.5, 0.6) is 0 Å². The maximum atomic E-state index is 13.6. The minimum atomic E-state index is -1.10. The van der Waals surface area contributed by atoms with Crippen LogP contribution in [0.1, 0.15) is 49.4 Å². The number of carbonyl (C=O) groups is 1. The summed E-state index contributed by atoms with van der Waals surface area (Å²) in [7, 11) is 0. The Morgan fingerprint density at radius 2 is 1.67 bits per heavy atom. The molecular formula is C14H15F3O. The second-order valence-corrected chi connectivity index (χ2v) is 4.91. The molecule has 1 aliphatic rings. The third kappa shape index (κ3) is 2.04. The van der Waals surface area contributed by atoms with Gasteiger partial charge < -0.3 is 0 Å². The van der Waals surface area contributed by atoms with Crippen LogP contribution in [0.15, 0.2) is 12.1 Å². The summed E-state index contributed by atoms with van der Waals surface area (Å²) in [4.78, 5) is 12.4. The Bertz CT molecular complexity index is 453. The lowest BCUT2D eigenvalue weighted by molar-refractivity contribution is 0.0781. The summed E-state index contributed by atoms with van der Waals surface area (Å²) in [5.74, 6) is -3.72. The normalized spacial score (nSPS) is 18.0. The molecule has 0 amide bonds. The SMILES string of the molecule is CCC1(C(=O)c2c(F)cc(F)cc2F)CCCC1. The van der Waals surface area contributed by atoms with Crippen molar-refractivity contribution in [3.63, 3.8) is 0 Å². The Morgan fingerprint density at radius 3 is 2.11 bits per heavy atom. The Kier molecular flexibility index (Phi) is 3.46. The first-order valence-electron chi connectivity index (χ1n) is 6.19. The molecule has 0 aromatic heterocycles. The molecular weight excluding hydrogens is 241 g/mol. The lowest BCUT2D eigenvalue weighted by Gasteiger charge is -2.26. The van der Waals surface area contributed by atoms with E-state index in [2.05, 4.69) is 0 Å². The van der Waals surface area contributed by atoms with E-state index < -0.39 is 34.2 Å². The van der Waals surface area contributed by atoms with E-state index in [1.54, 1.807) is 0 Å². The van der Waals surface area contributed by atoms with Crippen molar-refractivity contribution in [3.05, 3.63) is 35.1 Å². The van der Waals surface area contributed by atoms with Gasteiger partial charge in [0.05, 0.1) is 5.56 Å². The Hall–Kier alpha value is -1.32. The first-order valence-corrected chi connectivity index (χ1v) is 6.19. The number of carbonyl (C=O) groups excluding carboxylic acids is 1. The number of ketones is 1. The highest BCUT2D eigenvalue weighted by atomic mass is 19.1. The highest BCUT2D eigenvalue weighted by molar-refractivity contribution is 6.01. The smallest absolute Gasteiger partial charge is 0.174 e. The lowest BCUT2D eigenvalue weighted by Crippen LogP contribution is -2.29. The molecule has 1 aliphatic carbocycles. The van der Waals surface area contributed by atoms with Crippen molar-refractivity contribution in [2.45, 2.75) is 39.0 Å². The molecule has 0 bridgehead atoms. The molecule has 98 valence electrons. The van der Waals surface area contributed by atoms with Gasteiger partial charge in [-0.2, -0.15) is 0 Å². The van der Waals surface area contributed by atoms with E-state index in [-0.39, 0.29) is 0 Å². The Balaban J connectivity index is 2.46. The van der Waals surface area contributed by atoms with Crippen molar-refractivity contribution < 1.29 is 18.0 Å². The molecule has 0 saturated heterocycles. The highest BCUT2D eigenvalue weighted by Gasteiger charge is 2.41. The van der Waals surface area contributed by atoms with Crippen LogP contribution in [-0.4, -0.2) is 5.78 Å². The molecule has 4 heteroatoms. The predicted molar refractivity (Wildman–Crippen MR) is 61.8 cm³/mol. The van der Waals surface area contributed by atoms with Crippen molar-refractivity contribution in [1.29, 1.82) is 0 Å². The number of hydrogen-bond donors (Lipinski definition) is 0. The number of rotatable bonds is 3. The monoisotopic (exact) mass is 256 g/mol. The first kappa shape index (κ1) is 13.1. The van der Waals surface area contributed by atoms with Gasteiger partial charge in [0.15, 0.2) is 5.78 Å². The van der Waals surface area contributed by atoms with Crippen LogP contribution in [0.3, 0.4) is 0 Å². The van der Waals surface area contributed by atoms with E-state index in [9.17, 15) is 18.0 Å². The molecule has 0 unspecified atom stereocenters. The van der Waals surface area contributed by atoms with E-state index in [1.165, 1.54) is 0 Å². The topological polar surface area (TPSA) is 17.1 Å². The van der Waals surface area contributed by atoms with E-state index in [0.717, 1.165) is 12.8 Å². The largest absolute Gasteiger partial charge is 0.293 e. The van der Waals surface area contributed by atoms with Gasteiger partial charge in [0.2, 0.25) is 0 Å². The number of halogens is 3. The average Bonchev–Trinajstić information content (AvgIpc) is 2.77. The second kappa shape index (κ2) is 4.75. The highest BCUT2D eigenvalue weighted by Crippen LogP contribution is 2.44. The van der Waals surface area contributed by atoms with Gasteiger partial charge in [-0.05, 0) is 19.3 Å². The van der Waals surface area contributed by atoms with Gasteiger partial charge in [-0.25, -0.2) is 13.2 Å². The minimum Gasteiger partial charge on any atom is -0.293 e. The molecule has 1 fully saturated rings. The van der Waals surface area contributed by atoms with Crippen molar-refractivity contribution >= 4 is 5.78 Å². The van der Waals surface area contributed by atoms with E-state index in [4.69, 9.17) is 0 Å². The molecule has 0 aliphatic heterocycles. The number of Topliss-reactive ketones (excluding diaryl/α,β-unsaturated/α-hetero) is 1. The molecule has 0 N–H and O–H groups in total. The maximum absolute atomic E-state index is 13.6. The summed E-state index contributed by atoms with van der Waals surface area (Å²) in [6.07, 6.45) is 3.65. The van der Waals surface area contributed by atoms with Crippen molar-refractivity contribution in [1.82, 2.24) is 0 Å². The van der Waals surface area contributed by atoms with Gasteiger partial charge in [-0.3, -0.25) is 4.79 Å². The van der Waals surface area contributed by atoms with Crippen LogP contribution in [0, 0.1) is 22.9 Å². The zero-order valence-corrected chi connectivity index (χ0v) is 10.2. The summed E-state index contributed by atoms with van der Waals surface area (Å²) in [5.41, 5.74) is -1.25. The summed E-state index contributed by atoms with van der Waals surface area (Å²) in [6.45, 7) is 1.85. The summed E-state index contributed by atoms with van der Waals surface area (Å²) >= 11 is 0. The fraction of sp³-hybridized carbons (Fsp3) is 0.500. The van der Waals surface area contributed by atoms with E-state index in [1.807, 2.05) is 6.92 Å². The third-order valence-electron chi connectivity index (χ3n) is 3.95. The molecule has 1 nitrogen and oxygen atoms in total. The van der Waals surface area contributed by atoms with Crippen molar-refractivity contribution in [2.75, 3.05) is 0 Å². The van der Waals surface area contributed by atoms with Crippen molar-refractivity contribution in [3.8, 4) is 0 Å². The average molecular weight is 256 g/mol. The van der Waals surface area contributed by atoms with E-state index >= 15 is 0 Å². The zero-order valence-electron chi connectivity index (χ0n) is 10.2. The Morgan fingerprint density at radius 1 is 1.17 bits per heavy atom. The first-order chi connectivity index (χ1) is 8.50. The number of hydrogen-bond acceptors (Lipinski definition) is 1. The van der Waals surface area contributed by atoms with Gasteiger partial charge >= 0.3 is 0 Å². The molecule has 0 radical (unpaired) electrons. The molecule has 1 aromatic carbocycles. The third-order valence-corrected chi connectivity index (χ3v) is 3.95. The fourth-order valence-corrected chi connectivity index (χ4v) is 2.82. The van der Waals surface area contributed by atoms with Crippen LogP contribution in [0.25, 0.3) is 0 Å². The molecule has 2 rings (SSSR count). The standard InChI is InChI=1S/C14H15F3O/c1-2-14(5-3-4-6-14)13(18)12-10(16)7-9(15)8-11(12)17/h7-8H,2-6H2,1H3. The quantitative estimate of drug-likeness (QED) is 0.738. The Labute approximate surface area is 104 Å². The molecule has 1 aromatic rings.